The van der Waals surface area contributed by atoms with E-state index >= 15 is 0 Å². The number of hydrogen-bond donors (Lipinski definition) is 1. The number of aliphatic hydroxyl groups excluding tert-OH is 1. The first kappa shape index (κ1) is 11.2. The van der Waals surface area contributed by atoms with Crippen LogP contribution in [-0.4, -0.2) is 11.7 Å². The lowest BCUT2D eigenvalue weighted by Gasteiger charge is -2.09. The minimum absolute atomic E-state index is 0.152. The summed E-state index contributed by atoms with van der Waals surface area (Å²) in [6, 6.07) is 9.89. The topological polar surface area (TPSA) is 29.5 Å². The van der Waals surface area contributed by atoms with Gasteiger partial charge in [-0.3, -0.25) is 0 Å². The molecular formula is C13H14O2S. The van der Waals surface area contributed by atoms with E-state index in [1.807, 2.05) is 29.6 Å². The van der Waals surface area contributed by atoms with Gasteiger partial charge in [-0.05, 0) is 40.4 Å². The van der Waals surface area contributed by atoms with Crippen LogP contribution < -0.4 is 4.74 Å². The van der Waals surface area contributed by atoms with Gasteiger partial charge in [0.25, 0.3) is 0 Å². The zero-order valence-electron chi connectivity index (χ0n) is 8.93. The lowest BCUT2D eigenvalue weighted by atomic mass is 10.1. The first-order chi connectivity index (χ1) is 7.90. The quantitative estimate of drug-likeness (QED) is 0.862. The Labute approximate surface area is 99.1 Å². The monoisotopic (exact) mass is 234 g/mol. The van der Waals surface area contributed by atoms with Crippen LogP contribution in [0.4, 0.5) is 0 Å². The molecule has 1 aromatic carbocycles. The van der Waals surface area contributed by atoms with Crippen LogP contribution in [0.5, 0.6) is 5.75 Å². The highest BCUT2D eigenvalue weighted by atomic mass is 32.1. The molecule has 0 fully saturated rings. The summed E-state index contributed by atoms with van der Waals surface area (Å²) in [5.74, 6) is 0.864. The van der Waals surface area contributed by atoms with Gasteiger partial charge in [-0.25, -0.2) is 0 Å². The molecule has 0 saturated carbocycles. The van der Waals surface area contributed by atoms with E-state index in [9.17, 15) is 0 Å². The summed E-state index contributed by atoms with van der Waals surface area (Å²) in [6.07, 6.45) is 0.639. The van der Waals surface area contributed by atoms with Gasteiger partial charge in [-0.1, -0.05) is 18.2 Å². The summed E-state index contributed by atoms with van der Waals surface area (Å²) in [7, 11) is 0. The fourth-order valence-electron chi connectivity index (χ4n) is 1.51. The first-order valence-corrected chi connectivity index (χ1v) is 6.17. The van der Waals surface area contributed by atoms with E-state index in [-0.39, 0.29) is 6.61 Å². The van der Waals surface area contributed by atoms with E-state index in [0.717, 1.165) is 11.3 Å². The number of hydrogen-bond acceptors (Lipinski definition) is 3. The van der Waals surface area contributed by atoms with Crippen molar-refractivity contribution in [1.29, 1.82) is 0 Å². The molecule has 2 nitrogen and oxygen atoms in total. The second kappa shape index (κ2) is 5.68. The average molecular weight is 234 g/mol. The third-order valence-electron chi connectivity index (χ3n) is 2.33. The fraction of sp³-hybridized carbons (Fsp3) is 0.231. The van der Waals surface area contributed by atoms with E-state index in [1.54, 1.807) is 11.3 Å². The lowest BCUT2D eigenvalue weighted by molar-refractivity contribution is 0.284. The van der Waals surface area contributed by atoms with Gasteiger partial charge < -0.3 is 9.84 Å². The predicted molar refractivity (Wildman–Crippen MR) is 65.9 cm³/mol. The Kier molecular flexibility index (Phi) is 3.97. The van der Waals surface area contributed by atoms with Crippen molar-refractivity contribution in [2.24, 2.45) is 0 Å². The van der Waals surface area contributed by atoms with Crippen LogP contribution in [0.15, 0.2) is 41.1 Å². The first-order valence-electron chi connectivity index (χ1n) is 5.23. The van der Waals surface area contributed by atoms with E-state index in [1.165, 1.54) is 5.56 Å². The van der Waals surface area contributed by atoms with Gasteiger partial charge in [0, 0.05) is 6.61 Å². The second-order valence-corrected chi connectivity index (χ2v) is 4.28. The van der Waals surface area contributed by atoms with Gasteiger partial charge in [0.15, 0.2) is 0 Å². The van der Waals surface area contributed by atoms with Gasteiger partial charge in [0.05, 0.1) is 0 Å². The van der Waals surface area contributed by atoms with Crippen molar-refractivity contribution in [3.05, 3.63) is 52.2 Å². The molecule has 0 amide bonds. The number of ether oxygens (including phenoxy) is 1. The molecule has 0 aliphatic heterocycles. The molecule has 84 valence electrons. The van der Waals surface area contributed by atoms with E-state index in [0.29, 0.717) is 13.0 Å². The zero-order valence-corrected chi connectivity index (χ0v) is 9.74. The number of aliphatic hydroxyl groups is 1. The highest BCUT2D eigenvalue weighted by molar-refractivity contribution is 7.07. The van der Waals surface area contributed by atoms with Crippen LogP contribution in [0, 0.1) is 0 Å². The summed E-state index contributed by atoms with van der Waals surface area (Å²) in [5, 5.41) is 13.1. The van der Waals surface area contributed by atoms with Crippen LogP contribution in [0.25, 0.3) is 0 Å². The Morgan fingerprint density at radius 1 is 1.19 bits per heavy atom. The maximum atomic E-state index is 8.94. The molecule has 0 aliphatic carbocycles. The molecule has 3 heteroatoms. The van der Waals surface area contributed by atoms with Crippen molar-refractivity contribution >= 4 is 11.3 Å². The molecule has 0 atom stereocenters. The highest BCUT2D eigenvalue weighted by Gasteiger charge is 2.02. The van der Waals surface area contributed by atoms with E-state index < -0.39 is 0 Å². The SMILES string of the molecule is OCCc1ccccc1OCc1ccsc1. The number of benzene rings is 1. The van der Waals surface area contributed by atoms with Crippen LogP contribution in [0.3, 0.4) is 0 Å². The molecule has 2 rings (SSSR count). The smallest absolute Gasteiger partial charge is 0.123 e. The van der Waals surface area contributed by atoms with Gasteiger partial charge in [-0.2, -0.15) is 11.3 Å². The van der Waals surface area contributed by atoms with Crippen molar-refractivity contribution in [2.75, 3.05) is 6.61 Å². The minimum Gasteiger partial charge on any atom is -0.489 e. The Morgan fingerprint density at radius 3 is 2.81 bits per heavy atom. The van der Waals surface area contributed by atoms with Gasteiger partial charge in [-0.15, -0.1) is 0 Å². The summed E-state index contributed by atoms with van der Waals surface area (Å²) >= 11 is 1.67. The maximum Gasteiger partial charge on any atom is 0.123 e. The van der Waals surface area contributed by atoms with E-state index in [2.05, 4.69) is 11.4 Å². The fourth-order valence-corrected chi connectivity index (χ4v) is 2.16. The molecule has 0 bridgehead atoms. The Morgan fingerprint density at radius 2 is 2.06 bits per heavy atom. The molecule has 0 unspecified atom stereocenters. The number of thiophene rings is 1. The molecule has 16 heavy (non-hydrogen) atoms. The van der Waals surface area contributed by atoms with Crippen LogP contribution in [0.1, 0.15) is 11.1 Å². The molecule has 1 aromatic heterocycles. The van der Waals surface area contributed by atoms with Crippen molar-refractivity contribution < 1.29 is 9.84 Å². The van der Waals surface area contributed by atoms with Crippen molar-refractivity contribution in [3.63, 3.8) is 0 Å². The molecule has 1 N–H and O–H groups in total. The average Bonchev–Trinajstić information content (AvgIpc) is 2.81. The third-order valence-corrected chi connectivity index (χ3v) is 3.06. The molecule has 0 aliphatic rings. The summed E-state index contributed by atoms with van der Waals surface area (Å²) < 4.78 is 5.73. The number of rotatable bonds is 5. The Bertz CT molecular complexity index is 423. The number of para-hydroxylation sites is 1. The molecule has 1 heterocycles. The second-order valence-electron chi connectivity index (χ2n) is 3.50. The van der Waals surface area contributed by atoms with Gasteiger partial charge >= 0.3 is 0 Å². The van der Waals surface area contributed by atoms with Crippen LogP contribution >= 0.6 is 11.3 Å². The van der Waals surface area contributed by atoms with Crippen molar-refractivity contribution in [2.45, 2.75) is 13.0 Å². The minimum atomic E-state index is 0.152. The largest absolute Gasteiger partial charge is 0.489 e. The Balaban J connectivity index is 2.03. The standard InChI is InChI=1S/C13H14O2S/c14-7-5-12-3-1-2-4-13(12)15-9-11-6-8-16-10-11/h1-4,6,8,10,14H,5,7,9H2. The predicted octanol–water partition coefficient (Wildman–Crippen LogP) is 2.86. The third kappa shape index (κ3) is 2.84. The zero-order chi connectivity index (χ0) is 11.2. The van der Waals surface area contributed by atoms with Crippen LogP contribution in [0.2, 0.25) is 0 Å². The van der Waals surface area contributed by atoms with Crippen LogP contribution in [-0.2, 0) is 13.0 Å². The molecule has 0 radical (unpaired) electrons. The molecule has 0 saturated heterocycles. The summed E-state index contributed by atoms with van der Waals surface area (Å²) in [5.41, 5.74) is 2.24. The van der Waals surface area contributed by atoms with Gasteiger partial charge in [0.1, 0.15) is 12.4 Å². The van der Waals surface area contributed by atoms with E-state index in [4.69, 9.17) is 9.84 Å². The van der Waals surface area contributed by atoms with Crippen molar-refractivity contribution in [3.8, 4) is 5.75 Å². The molecular weight excluding hydrogens is 220 g/mol. The van der Waals surface area contributed by atoms with Gasteiger partial charge in [0.2, 0.25) is 0 Å². The lowest BCUT2D eigenvalue weighted by Crippen LogP contribution is -1.99. The highest BCUT2D eigenvalue weighted by Crippen LogP contribution is 2.20. The molecule has 2 aromatic rings. The molecule has 0 spiro atoms. The summed E-state index contributed by atoms with van der Waals surface area (Å²) in [4.78, 5) is 0. The maximum absolute atomic E-state index is 8.94. The Hall–Kier alpha value is -1.32. The van der Waals surface area contributed by atoms with Crippen molar-refractivity contribution in [1.82, 2.24) is 0 Å². The summed E-state index contributed by atoms with van der Waals surface area (Å²) in [6.45, 7) is 0.741. The normalized spacial score (nSPS) is 10.3.